The Labute approximate surface area is 169 Å². The fourth-order valence-corrected chi connectivity index (χ4v) is 5.42. The van der Waals surface area contributed by atoms with E-state index in [-0.39, 0.29) is 18.2 Å². The number of fused-ring (bicyclic) bond motifs is 2. The Morgan fingerprint density at radius 3 is 2.75 bits per heavy atom. The maximum atomic E-state index is 12.8. The molecule has 4 nitrogen and oxygen atoms in total. The van der Waals surface area contributed by atoms with Crippen molar-refractivity contribution in [1.82, 2.24) is 5.32 Å². The van der Waals surface area contributed by atoms with E-state index in [0.29, 0.717) is 16.5 Å². The minimum Gasteiger partial charge on any atom is -0.355 e. The summed E-state index contributed by atoms with van der Waals surface area (Å²) in [6, 6.07) is 14.1. The molecule has 0 aliphatic heterocycles. The molecule has 4 rings (SSSR count). The fraction of sp³-hybridized carbons (Fsp3) is 0.304. The van der Waals surface area contributed by atoms with Crippen LogP contribution in [0.5, 0.6) is 0 Å². The molecule has 2 aromatic carbocycles. The van der Waals surface area contributed by atoms with Gasteiger partial charge in [-0.2, -0.15) is 0 Å². The largest absolute Gasteiger partial charge is 0.355 e. The van der Waals surface area contributed by atoms with E-state index in [1.807, 2.05) is 30.3 Å². The van der Waals surface area contributed by atoms with Crippen molar-refractivity contribution in [2.75, 3.05) is 12.4 Å². The summed E-state index contributed by atoms with van der Waals surface area (Å²) < 4.78 is 0. The molecule has 0 bridgehead atoms. The molecule has 0 saturated heterocycles. The minimum absolute atomic E-state index is 0.0897. The number of rotatable bonds is 4. The molecule has 1 atom stereocenters. The molecule has 28 heavy (non-hydrogen) atoms. The van der Waals surface area contributed by atoms with E-state index in [2.05, 4.69) is 29.7 Å². The van der Waals surface area contributed by atoms with Crippen molar-refractivity contribution >= 4 is 38.9 Å². The van der Waals surface area contributed by atoms with Crippen LogP contribution in [0, 0.1) is 5.92 Å². The van der Waals surface area contributed by atoms with Gasteiger partial charge in [-0.15, -0.1) is 11.3 Å². The van der Waals surface area contributed by atoms with E-state index in [9.17, 15) is 9.59 Å². The summed E-state index contributed by atoms with van der Waals surface area (Å²) >= 11 is 1.56. The lowest BCUT2D eigenvalue weighted by atomic mass is 9.88. The van der Waals surface area contributed by atoms with Crippen LogP contribution in [0.25, 0.3) is 10.8 Å². The van der Waals surface area contributed by atoms with E-state index in [0.717, 1.165) is 41.2 Å². The van der Waals surface area contributed by atoms with Crippen LogP contribution in [-0.2, 0) is 24.1 Å². The zero-order chi connectivity index (χ0) is 19.7. The van der Waals surface area contributed by atoms with Gasteiger partial charge in [0.25, 0.3) is 5.91 Å². The number of thiophene rings is 1. The van der Waals surface area contributed by atoms with Crippen LogP contribution >= 0.6 is 11.3 Å². The van der Waals surface area contributed by atoms with E-state index >= 15 is 0 Å². The van der Waals surface area contributed by atoms with Crippen molar-refractivity contribution in [3.8, 4) is 0 Å². The molecule has 2 N–H and O–H groups in total. The van der Waals surface area contributed by atoms with Crippen LogP contribution in [0.15, 0.2) is 42.5 Å². The van der Waals surface area contributed by atoms with Crippen LogP contribution in [0.2, 0.25) is 0 Å². The first-order valence-electron chi connectivity index (χ1n) is 9.70. The maximum Gasteiger partial charge on any atom is 0.254 e. The van der Waals surface area contributed by atoms with E-state index < -0.39 is 0 Å². The predicted molar refractivity (Wildman–Crippen MR) is 115 cm³/mol. The van der Waals surface area contributed by atoms with E-state index in [1.165, 1.54) is 4.88 Å². The van der Waals surface area contributed by atoms with Crippen molar-refractivity contribution in [1.29, 1.82) is 0 Å². The summed E-state index contributed by atoms with van der Waals surface area (Å²) in [6.45, 7) is 2.24. The second-order valence-corrected chi connectivity index (χ2v) is 8.60. The number of hydrogen-bond donors (Lipinski definition) is 2. The SMILES string of the molecule is CNC(=O)c1c(NC(=O)Cc2cccc3ccccc23)sc2c1CCC(C)C2. The zero-order valence-corrected chi connectivity index (χ0v) is 17.0. The molecular weight excluding hydrogens is 368 g/mol. The summed E-state index contributed by atoms with van der Waals surface area (Å²) in [5.74, 6) is 0.406. The van der Waals surface area contributed by atoms with Gasteiger partial charge in [0.05, 0.1) is 12.0 Å². The average molecular weight is 393 g/mol. The Morgan fingerprint density at radius 1 is 1.14 bits per heavy atom. The maximum absolute atomic E-state index is 12.8. The van der Waals surface area contributed by atoms with Gasteiger partial charge in [0.1, 0.15) is 5.00 Å². The van der Waals surface area contributed by atoms with Gasteiger partial charge in [-0.3, -0.25) is 9.59 Å². The second kappa shape index (κ2) is 7.76. The summed E-state index contributed by atoms with van der Waals surface area (Å²) in [5, 5.41) is 8.66. The van der Waals surface area contributed by atoms with Crippen molar-refractivity contribution in [3.05, 3.63) is 64.0 Å². The van der Waals surface area contributed by atoms with Gasteiger partial charge < -0.3 is 10.6 Å². The quantitative estimate of drug-likeness (QED) is 0.683. The van der Waals surface area contributed by atoms with Gasteiger partial charge in [0.2, 0.25) is 5.91 Å². The number of carbonyl (C=O) groups excluding carboxylic acids is 2. The average Bonchev–Trinajstić information content (AvgIpc) is 3.04. The first-order chi connectivity index (χ1) is 13.6. The number of benzene rings is 2. The minimum atomic E-state index is -0.118. The second-order valence-electron chi connectivity index (χ2n) is 7.50. The standard InChI is InChI=1S/C23H24N2O2S/c1-14-10-11-18-19(12-14)28-23(21(18)22(27)24-2)25-20(26)13-16-8-5-7-15-6-3-4-9-17(15)16/h3-9,14H,10-13H2,1-2H3,(H,24,27)(H,25,26). The third kappa shape index (κ3) is 3.54. The highest BCUT2D eigenvalue weighted by atomic mass is 32.1. The first kappa shape index (κ1) is 18.7. The molecule has 1 heterocycles. The Morgan fingerprint density at radius 2 is 1.93 bits per heavy atom. The van der Waals surface area contributed by atoms with Crippen molar-refractivity contribution < 1.29 is 9.59 Å². The molecule has 1 unspecified atom stereocenters. The lowest BCUT2D eigenvalue weighted by Crippen LogP contribution is -2.23. The van der Waals surface area contributed by atoms with Crippen LogP contribution < -0.4 is 10.6 Å². The normalized spacial score (nSPS) is 15.9. The molecule has 0 spiro atoms. The molecule has 0 fully saturated rings. The van der Waals surface area contributed by atoms with Gasteiger partial charge >= 0.3 is 0 Å². The van der Waals surface area contributed by atoms with Crippen molar-refractivity contribution in [2.24, 2.45) is 5.92 Å². The summed E-state index contributed by atoms with van der Waals surface area (Å²) in [7, 11) is 1.64. The summed E-state index contributed by atoms with van der Waals surface area (Å²) in [4.78, 5) is 26.6. The van der Waals surface area contributed by atoms with Gasteiger partial charge in [0, 0.05) is 11.9 Å². The molecule has 0 radical (unpaired) electrons. The van der Waals surface area contributed by atoms with Crippen molar-refractivity contribution in [3.63, 3.8) is 0 Å². The molecular formula is C23H24N2O2S. The Balaban J connectivity index is 1.61. The molecule has 1 aliphatic carbocycles. The first-order valence-corrected chi connectivity index (χ1v) is 10.5. The highest BCUT2D eigenvalue weighted by molar-refractivity contribution is 7.17. The number of carbonyl (C=O) groups is 2. The molecule has 1 aromatic heterocycles. The highest BCUT2D eigenvalue weighted by Gasteiger charge is 2.27. The van der Waals surface area contributed by atoms with E-state index in [1.54, 1.807) is 18.4 Å². The topological polar surface area (TPSA) is 58.2 Å². The lowest BCUT2D eigenvalue weighted by molar-refractivity contribution is -0.115. The summed E-state index contributed by atoms with van der Waals surface area (Å²) in [6.07, 6.45) is 3.24. The molecule has 144 valence electrons. The number of hydrogen-bond acceptors (Lipinski definition) is 3. The van der Waals surface area contributed by atoms with Crippen LogP contribution in [0.4, 0.5) is 5.00 Å². The number of amides is 2. The lowest BCUT2D eigenvalue weighted by Gasteiger charge is -2.18. The highest BCUT2D eigenvalue weighted by Crippen LogP contribution is 2.39. The third-order valence-corrected chi connectivity index (χ3v) is 6.62. The predicted octanol–water partition coefficient (Wildman–Crippen LogP) is 4.57. The van der Waals surface area contributed by atoms with Crippen LogP contribution in [-0.4, -0.2) is 18.9 Å². The fourth-order valence-electron chi connectivity index (χ4n) is 3.99. The van der Waals surface area contributed by atoms with Crippen LogP contribution in [0.3, 0.4) is 0 Å². The number of anilines is 1. The summed E-state index contributed by atoms with van der Waals surface area (Å²) in [5.41, 5.74) is 2.76. The van der Waals surface area contributed by atoms with E-state index in [4.69, 9.17) is 0 Å². The van der Waals surface area contributed by atoms with Gasteiger partial charge in [-0.25, -0.2) is 0 Å². The van der Waals surface area contributed by atoms with Crippen molar-refractivity contribution in [2.45, 2.75) is 32.6 Å². The molecule has 1 aliphatic rings. The molecule has 0 saturated carbocycles. The smallest absolute Gasteiger partial charge is 0.254 e. The third-order valence-electron chi connectivity index (χ3n) is 5.45. The monoisotopic (exact) mass is 392 g/mol. The van der Waals surface area contributed by atoms with Gasteiger partial charge in [-0.1, -0.05) is 49.4 Å². The molecule has 2 amide bonds. The molecule has 5 heteroatoms. The Kier molecular flexibility index (Phi) is 5.18. The Bertz CT molecular complexity index is 1050. The number of nitrogens with one attached hydrogen (secondary N) is 2. The molecule has 3 aromatic rings. The van der Waals surface area contributed by atoms with Gasteiger partial charge in [-0.05, 0) is 47.1 Å². The Hall–Kier alpha value is -2.66. The van der Waals surface area contributed by atoms with Crippen LogP contribution in [0.1, 0.15) is 39.7 Å². The van der Waals surface area contributed by atoms with Gasteiger partial charge in [0.15, 0.2) is 0 Å². The zero-order valence-electron chi connectivity index (χ0n) is 16.2.